The van der Waals surface area contributed by atoms with Crippen LogP contribution in [0.3, 0.4) is 0 Å². The van der Waals surface area contributed by atoms with Crippen molar-refractivity contribution in [3.63, 3.8) is 0 Å². The standard InChI is InChI=1S/C14H24N2S/c1-4-17-14-7-5-13(6-8-14)11-15-9-10-16-12(2)3/h5-8,12,15-16H,4,9-11H2,1-3H3. The summed E-state index contributed by atoms with van der Waals surface area (Å²) in [5.74, 6) is 1.14. The van der Waals surface area contributed by atoms with Crippen LogP contribution in [0.2, 0.25) is 0 Å². The zero-order chi connectivity index (χ0) is 12.5. The molecule has 0 atom stereocenters. The molecule has 0 unspecified atom stereocenters. The number of hydrogen-bond donors (Lipinski definition) is 2. The minimum Gasteiger partial charge on any atom is -0.313 e. The van der Waals surface area contributed by atoms with Gasteiger partial charge < -0.3 is 10.6 Å². The van der Waals surface area contributed by atoms with Gasteiger partial charge in [-0.15, -0.1) is 11.8 Å². The molecule has 0 radical (unpaired) electrons. The molecule has 0 aliphatic rings. The fraction of sp³-hybridized carbons (Fsp3) is 0.571. The lowest BCUT2D eigenvalue weighted by atomic mass is 10.2. The Kier molecular flexibility index (Phi) is 7.33. The Balaban J connectivity index is 2.18. The van der Waals surface area contributed by atoms with Crippen LogP contribution in [0.1, 0.15) is 26.3 Å². The van der Waals surface area contributed by atoms with E-state index in [-0.39, 0.29) is 0 Å². The Morgan fingerprint density at radius 3 is 2.41 bits per heavy atom. The third-order valence-electron chi connectivity index (χ3n) is 2.42. The number of rotatable bonds is 8. The largest absolute Gasteiger partial charge is 0.313 e. The number of thioether (sulfide) groups is 1. The van der Waals surface area contributed by atoms with Crippen molar-refractivity contribution >= 4 is 11.8 Å². The van der Waals surface area contributed by atoms with Gasteiger partial charge in [-0.1, -0.05) is 32.9 Å². The summed E-state index contributed by atoms with van der Waals surface area (Å²) in [6, 6.07) is 9.40. The highest BCUT2D eigenvalue weighted by molar-refractivity contribution is 7.99. The first-order valence-electron chi connectivity index (χ1n) is 6.38. The van der Waals surface area contributed by atoms with Gasteiger partial charge in [-0.25, -0.2) is 0 Å². The van der Waals surface area contributed by atoms with E-state index in [9.17, 15) is 0 Å². The van der Waals surface area contributed by atoms with E-state index in [1.165, 1.54) is 10.5 Å². The highest BCUT2D eigenvalue weighted by Gasteiger charge is 1.95. The molecule has 0 heterocycles. The van der Waals surface area contributed by atoms with E-state index < -0.39 is 0 Å². The summed E-state index contributed by atoms with van der Waals surface area (Å²) in [6.07, 6.45) is 0. The molecule has 0 saturated heterocycles. The van der Waals surface area contributed by atoms with Crippen LogP contribution in [0.25, 0.3) is 0 Å². The number of nitrogens with one attached hydrogen (secondary N) is 2. The van der Waals surface area contributed by atoms with Crippen LogP contribution in [-0.2, 0) is 6.54 Å². The summed E-state index contributed by atoms with van der Waals surface area (Å²) in [6.45, 7) is 9.53. The maximum Gasteiger partial charge on any atom is 0.0206 e. The van der Waals surface area contributed by atoms with Crippen LogP contribution in [0.5, 0.6) is 0 Å². The first kappa shape index (κ1) is 14.6. The van der Waals surface area contributed by atoms with Crippen molar-refractivity contribution in [2.24, 2.45) is 0 Å². The fourth-order valence-corrected chi connectivity index (χ4v) is 2.21. The first-order valence-corrected chi connectivity index (χ1v) is 7.36. The molecule has 0 amide bonds. The van der Waals surface area contributed by atoms with Crippen molar-refractivity contribution in [2.75, 3.05) is 18.8 Å². The van der Waals surface area contributed by atoms with Gasteiger partial charge in [-0.3, -0.25) is 0 Å². The zero-order valence-corrected chi connectivity index (χ0v) is 11.9. The predicted octanol–water partition coefficient (Wildman–Crippen LogP) is 2.89. The van der Waals surface area contributed by atoms with Crippen molar-refractivity contribution in [1.82, 2.24) is 10.6 Å². The van der Waals surface area contributed by atoms with Crippen molar-refractivity contribution in [1.29, 1.82) is 0 Å². The smallest absolute Gasteiger partial charge is 0.0206 e. The average molecular weight is 252 g/mol. The normalized spacial score (nSPS) is 11.1. The molecule has 0 spiro atoms. The van der Waals surface area contributed by atoms with Crippen LogP contribution in [-0.4, -0.2) is 24.9 Å². The molecule has 1 aromatic rings. The lowest BCUT2D eigenvalue weighted by Gasteiger charge is -2.09. The second-order valence-electron chi connectivity index (χ2n) is 4.36. The highest BCUT2D eigenvalue weighted by atomic mass is 32.2. The van der Waals surface area contributed by atoms with Gasteiger partial charge in [0, 0.05) is 30.6 Å². The Morgan fingerprint density at radius 2 is 1.82 bits per heavy atom. The molecule has 1 rings (SSSR count). The van der Waals surface area contributed by atoms with Gasteiger partial charge in [0.2, 0.25) is 0 Å². The van der Waals surface area contributed by atoms with Crippen molar-refractivity contribution in [2.45, 2.75) is 38.3 Å². The molecule has 0 aliphatic heterocycles. The fourth-order valence-electron chi connectivity index (χ4n) is 1.55. The maximum absolute atomic E-state index is 3.44. The van der Waals surface area contributed by atoms with E-state index in [4.69, 9.17) is 0 Å². The topological polar surface area (TPSA) is 24.1 Å². The minimum atomic E-state index is 0.571. The average Bonchev–Trinajstić information content (AvgIpc) is 2.31. The second-order valence-corrected chi connectivity index (χ2v) is 5.70. The van der Waals surface area contributed by atoms with E-state index in [2.05, 4.69) is 55.7 Å². The molecule has 96 valence electrons. The predicted molar refractivity (Wildman–Crippen MR) is 77.7 cm³/mol. The van der Waals surface area contributed by atoms with E-state index in [1.54, 1.807) is 0 Å². The Hall–Kier alpha value is -0.510. The van der Waals surface area contributed by atoms with Crippen molar-refractivity contribution in [3.8, 4) is 0 Å². The minimum absolute atomic E-state index is 0.571. The summed E-state index contributed by atoms with van der Waals surface area (Å²) in [4.78, 5) is 1.36. The molecule has 17 heavy (non-hydrogen) atoms. The molecule has 0 fully saturated rings. The molecule has 2 N–H and O–H groups in total. The van der Waals surface area contributed by atoms with E-state index in [0.29, 0.717) is 6.04 Å². The lowest BCUT2D eigenvalue weighted by Crippen LogP contribution is -2.31. The van der Waals surface area contributed by atoms with Gasteiger partial charge in [0.05, 0.1) is 0 Å². The van der Waals surface area contributed by atoms with Gasteiger partial charge in [-0.2, -0.15) is 0 Å². The van der Waals surface area contributed by atoms with Gasteiger partial charge in [0.1, 0.15) is 0 Å². The van der Waals surface area contributed by atoms with E-state index in [1.807, 2.05) is 11.8 Å². The molecule has 3 heteroatoms. The molecule has 0 aromatic heterocycles. The van der Waals surface area contributed by atoms with E-state index >= 15 is 0 Å². The van der Waals surface area contributed by atoms with Crippen molar-refractivity contribution < 1.29 is 0 Å². The summed E-state index contributed by atoms with van der Waals surface area (Å²) in [5, 5.41) is 6.83. The summed E-state index contributed by atoms with van der Waals surface area (Å²) < 4.78 is 0. The van der Waals surface area contributed by atoms with Crippen LogP contribution in [0.15, 0.2) is 29.2 Å². The third kappa shape index (κ3) is 6.71. The Labute approximate surface area is 110 Å². The number of hydrogen-bond acceptors (Lipinski definition) is 3. The van der Waals surface area contributed by atoms with Crippen LogP contribution in [0.4, 0.5) is 0 Å². The van der Waals surface area contributed by atoms with Crippen molar-refractivity contribution in [3.05, 3.63) is 29.8 Å². The Bertz CT molecular complexity index is 296. The summed E-state index contributed by atoms with van der Waals surface area (Å²) in [5.41, 5.74) is 1.36. The van der Waals surface area contributed by atoms with Gasteiger partial charge in [0.25, 0.3) is 0 Å². The van der Waals surface area contributed by atoms with Gasteiger partial charge >= 0.3 is 0 Å². The molecule has 0 bridgehead atoms. The highest BCUT2D eigenvalue weighted by Crippen LogP contribution is 2.17. The Morgan fingerprint density at radius 1 is 1.12 bits per heavy atom. The number of benzene rings is 1. The lowest BCUT2D eigenvalue weighted by molar-refractivity contribution is 0.555. The molecule has 1 aromatic carbocycles. The zero-order valence-electron chi connectivity index (χ0n) is 11.1. The summed E-state index contributed by atoms with van der Waals surface area (Å²) >= 11 is 1.89. The molecule has 0 aliphatic carbocycles. The quantitative estimate of drug-likeness (QED) is 0.549. The SMILES string of the molecule is CCSc1ccc(CNCCNC(C)C)cc1. The molecular formula is C14H24N2S. The van der Waals surface area contributed by atoms with Crippen LogP contribution < -0.4 is 10.6 Å². The van der Waals surface area contributed by atoms with Crippen LogP contribution >= 0.6 is 11.8 Å². The van der Waals surface area contributed by atoms with Gasteiger partial charge in [0.15, 0.2) is 0 Å². The van der Waals surface area contributed by atoms with Gasteiger partial charge in [-0.05, 0) is 23.4 Å². The molecule has 0 saturated carbocycles. The molecular weight excluding hydrogens is 228 g/mol. The molecule has 2 nitrogen and oxygen atoms in total. The third-order valence-corrected chi connectivity index (χ3v) is 3.31. The first-order chi connectivity index (χ1) is 8.22. The maximum atomic E-state index is 3.44. The summed E-state index contributed by atoms with van der Waals surface area (Å²) in [7, 11) is 0. The van der Waals surface area contributed by atoms with E-state index in [0.717, 1.165) is 25.4 Å². The monoisotopic (exact) mass is 252 g/mol. The van der Waals surface area contributed by atoms with Crippen LogP contribution in [0, 0.1) is 0 Å². The second kappa shape index (κ2) is 8.56.